The molecule has 1 fully saturated rings. The van der Waals surface area contributed by atoms with Gasteiger partial charge in [-0.3, -0.25) is 10.1 Å². The zero-order valence-corrected chi connectivity index (χ0v) is 17.6. The van der Waals surface area contributed by atoms with Crippen LogP contribution in [0.5, 0.6) is 5.75 Å². The maximum Gasteiger partial charge on any atom is 0.411 e. The zero-order chi connectivity index (χ0) is 23.3. The first-order chi connectivity index (χ1) is 15.3. The van der Waals surface area contributed by atoms with Gasteiger partial charge in [0.25, 0.3) is 0 Å². The summed E-state index contributed by atoms with van der Waals surface area (Å²) < 4.78 is 16.3. The van der Waals surface area contributed by atoms with Crippen LogP contribution in [0.15, 0.2) is 48.5 Å². The van der Waals surface area contributed by atoms with Crippen LogP contribution in [0.25, 0.3) is 11.1 Å². The third-order valence-corrected chi connectivity index (χ3v) is 4.99. The number of amides is 2. The van der Waals surface area contributed by atoms with E-state index in [9.17, 15) is 24.9 Å². The van der Waals surface area contributed by atoms with Crippen LogP contribution in [0.1, 0.15) is 6.92 Å². The number of aliphatic hydroxyl groups is 3. The largest absolute Gasteiger partial charge is 0.462 e. The molecule has 0 radical (unpaired) electrons. The summed E-state index contributed by atoms with van der Waals surface area (Å²) in [5, 5.41) is 35.3. The van der Waals surface area contributed by atoms with Crippen molar-refractivity contribution in [3.05, 3.63) is 48.5 Å². The summed E-state index contributed by atoms with van der Waals surface area (Å²) >= 11 is 0. The van der Waals surface area contributed by atoms with Crippen LogP contribution in [0, 0.1) is 0 Å². The highest BCUT2D eigenvalue weighted by Crippen LogP contribution is 2.34. The fourth-order valence-electron chi connectivity index (χ4n) is 3.44. The van der Waals surface area contributed by atoms with Gasteiger partial charge in [-0.2, -0.15) is 0 Å². The number of hydrogen-bond donors (Lipinski definition) is 5. The number of rotatable bonds is 6. The fourth-order valence-corrected chi connectivity index (χ4v) is 3.44. The summed E-state index contributed by atoms with van der Waals surface area (Å²) in [6.45, 7) is 0.718. The molecule has 10 heteroatoms. The lowest BCUT2D eigenvalue weighted by Crippen LogP contribution is -2.65. The van der Waals surface area contributed by atoms with E-state index >= 15 is 0 Å². The Hall–Kier alpha value is -3.18. The summed E-state index contributed by atoms with van der Waals surface area (Å²) in [6.07, 6.45) is -5.72. The Balaban J connectivity index is 1.91. The minimum absolute atomic E-state index is 0.364. The number of aliphatic hydroxyl groups excluding tert-OH is 3. The van der Waals surface area contributed by atoms with E-state index in [1.807, 2.05) is 6.07 Å². The van der Waals surface area contributed by atoms with E-state index in [1.54, 1.807) is 42.5 Å². The van der Waals surface area contributed by atoms with Gasteiger partial charge in [-0.05, 0) is 23.8 Å². The van der Waals surface area contributed by atoms with Gasteiger partial charge in [0.05, 0.1) is 13.7 Å². The van der Waals surface area contributed by atoms with Crippen molar-refractivity contribution in [2.24, 2.45) is 0 Å². The predicted molar refractivity (Wildman–Crippen MR) is 114 cm³/mol. The van der Waals surface area contributed by atoms with Crippen LogP contribution in [0.3, 0.4) is 0 Å². The molecule has 1 aliphatic rings. The molecule has 1 heterocycles. The number of benzene rings is 2. The predicted octanol–water partition coefficient (Wildman–Crippen LogP) is 0.854. The van der Waals surface area contributed by atoms with E-state index in [4.69, 9.17) is 9.47 Å². The van der Waals surface area contributed by atoms with Gasteiger partial charge >= 0.3 is 6.09 Å². The first kappa shape index (κ1) is 23.5. The lowest BCUT2D eigenvalue weighted by atomic mass is 9.96. The SMILES string of the molecule is COC(=O)Nc1cccc(-c2ccccc2O[C@@H]2O[C@H](CO)[C@H](O)[C@H](O)[C@H]2NC(C)=O)c1. The fraction of sp³-hybridized carbons (Fsp3) is 0.364. The third kappa shape index (κ3) is 5.35. The molecule has 0 aliphatic carbocycles. The monoisotopic (exact) mass is 446 g/mol. The van der Waals surface area contributed by atoms with Crippen molar-refractivity contribution in [3.63, 3.8) is 0 Å². The molecule has 5 N–H and O–H groups in total. The summed E-state index contributed by atoms with van der Waals surface area (Å²) in [5.41, 5.74) is 1.86. The van der Waals surface area contributed by atoms with E-state index < -0.39 is 49.3 Å². The Morgan fingerprint density at radius 3 is 2.53 bits per heavy atom. The molecule has 2 amide bonds. The molecule has 1 saturated heterocycles. The summed E-state index contributed by atoms with van der Waals surface area (Å²) in [7, 11) is 1.27. The number of para-hydroxylation sites is 1. The van der Waals surface area contributed by atoms with Gasteiger partial charge in [0.2, 0.25) is 12.2 Å². The Labute approximate surface area is 184 Å². The van der Waals surface area contributed by atoms with Crippen LogP contribution in [-0.2, 0) is 14.3 Å². The van der Waals surface area contributed by atoms with Gasteiger partial charge in [0, 0.05) is 18.2 Å². The number of carbonyl (C=O) groups excluding carboxylic acids is 2. The molecule has 3 rings (SSSR count). The lowest BCUT2D eigenvalue weighted by molar-refractivity contribution is -0.244. The topological polar surface area (TPSA) is 147 Å². The standard InChI is InChI=1S/C22H26N2O8/c1-12(26)23-18-20(28)19(27)17(11-25)32-21(18)31-16-9-4-3-8-15(16)13-6-5-7-14(10-13)24-22(29)30-2/h3-10,17-21,25,27-28H,11H2,1-2H3,(H,23,26)(H,24,29)/t17-,18-,19+,20-,21-/m1/s1. The molecular formula is C22H26N2O8. The highest BCUT2D eigenvalue weighted by Gasteiger charge is 2.46. The molecule has 2 aromatic rings. The Kier molecular flexibility index (Phi) is 7.65. The second kappa shape index (κ2) is 10.4. The molecule has 172 valence electrons. The first-order valence-electron chi connectivity index (χ1n) is 9.94. The second-order valence-corrected chi connectivity index (χ2v) is 7.24. The lowest BCUT2D eigenvalue weighted by Gasteiger charge is -2.42. The first-order valence-corrected chi connectivity index (χ1v) is 9.94. The summed E-state index contributed by atoms with van der Waals surface area (Å²) in [6, 6.07) is 12.9. The number of carbonyl (C=O) groups is 2. The molecular weight excluding hydrogens is 420 g/mol. The Morgan fingerprint density at radius 1 is 1.09 bits per heavy atom. The van der Waals surface area contributed by atoms with Gasteiger partial charge in [0.15, 0.2) is 0 Å². The van der Waals surface area contributed by atoms with Gasteiger partial charge in [0.1, 0.15) is 30.1 Å². The average Bonchev–Trinajstić information content (AvgIpc) is 2.78. The summed E-state index contributed by atoms with van der Waals surface area (Å²) in [5.74, 6) is -0.0841. The van der Waals surface area contributed by atoms with Gasteiger partial charge < -0.3 is 34.8 Å². The molecule has 0 unspecified atom stereocenters. The normalized spacial score (nSPS) is 25.0. The van der Waals surface area contributed by atoms with Crippen LogP contribution in [-0.4, -0.2) is 71.7 Å². The highest BCUT2D eigenvalue weighted by atomic mass is 16.7. The molecule has 0 aromatic heterocycles. The number of anilines is 1. The summed E-state index contributed by atoms with van der Waals surface area (Å²) in [4.78, 5) is 23.2. The number of hydrogen-bond acceptors (Lipinski definition) is 8. The Bertz CT molecular complexity index is 953. The van der Waals surface area contributed by atoms with E-state index in [0.29, 0.717) is 22.6 Å². The quantitative estimate of drug-likeness (QED) is 0.439. The number of ether oxygens (including phenoxy) is 3. The molecule has 10 nitrogen and oxygen atoms in total. The van der Waals surface area contributed by atoms with Gasteiger partial charge in [-0.1, -0.05) is 30.3 Å². The highest BCUT2D eigenvalue weighted by molar-refractivity contribution is 5.86. The minimum atomic E-state index is -1.42. The van der Waals surface area contributed by atoms with Crippen molar-refractivity contribution in [1.82, 2.24) is 5.32 Å². The van der Waals surface area contributed by atoms with Crippen molar-refractivity contribution in [2.45, 2.75) is 37.6 Å². The van der Waals surface area contributed by atoms with E-state index in [-0.39, 0.29) is 0 Å². The van der Waals surface area contributed by atoms with E-state index in [2.05, 4.69) is 15.4 Å². The van der Waals surface area contributed by atoms with Crippen LogP contribution < -0.4 is 15.4 Å². The number of methoxy groups -OCH3 is 1. The molecule has 32 heavy (non-hydrogen) atoms. The Morgan fingerprint density at radius 2 is 1.84 bits per heavy atom. The van der Waals surface area contributed by atoms with Crippen LogP contribution in [0.2, 0.25) is 0 Å². The van der Waals surface area contributed by atoms with Crippen molar-refractivity contribution < 1.29 is 39.1 Å². The smallest absolute Gasteiger partial charge is 0.411 e. The minimum Gasteiger partial charge on any atom is -0.462 e. The van der Waals surface area contributed by atoms with Crippen molar-refractivity contribution in [3.8, 4) is 16.9 Å². The van der Waals surface area contributed by atoms with E-state index in [1.165, 1.54) is 14.0 Å². The van der Waals surface area contributed by atoms with Crippen LogP contribution in [0.4, 0.5) is 10.5 Å². The molecule has 0 bridgehead atoms. The number of nitrogens with one attached hydrogen (secondary N) is 2. The maximum absolute atomic E-state index is 11.6. The second-order valence-electron chi connectivity index (χ2n) is 7.24. The average molecular weight is 446 g/mol. The molecule has 5 atom stereocenters. The van der Waals surface area contributed by atoms with Gasteiger partial charge in [-0.15, -0.1) is 0 Å². The molecule has 1 aliphatic heterocycles. The third-order valence-electron chi connectivity index (χ3n) is 4.99. The van der Waals surface area contributed by atoms with Crippen molar-refractivity contribution in [1.29, 1.82) is 0 Å². The van der Waals surface area contributed by atoms with Gasteiger partial charge in [-0.25, -0.2) is 4.79 Å². The van der Waals surface area contributed by atoms with Crippen molar-refractivity contribution in [2.75, 3.05) is 19.0 Å². The molecule has 0 spiro atoms. The maximum atomic E-state index is 11.6. The van der Waals surface area contributed by atoms with E-state index in [0.717, 1.165) is 0 Å². The van der Waals surface area contributed by atoms with Crippen molar-refractivity contribution >= 4 is 17.7 Å². The molecule has 2 aromatic carbocycles. The molecule has 0 saturated carbocycles. The zero-order valence-electron chi connectivity index (χ0n) is 17.6. The van der Waals surface area contributed by atoms with Crippen LogP contribution >= 0.6 is 0 Å².